The van der Waals surface area contributed by atoms with Crippen molar-refractivity contribution in [2.45, 2.75) is 9.79 Å². The van der Waals surface area contributed by atoms with Gasteiger partial charge in [0.15, 0.2) is 0 Å². The highest BCUT2D eigenvalue weighted by Gasteiger charge is 2.25. The molecule has 7 heteroatoms. The minimum Gasteiger partial charge on any atom is -0.255 e. The van der Waals surface area contributed by atoms with E-state index in [-0.39, 0.29) is 9.79 Å². The molecule has 0 radical (unpaired) electrons. The zero-order valence-corrected chi connectivity index (χ0v) is 15.8. The summed E-state index contributed by atoms with van der Waals surface area (Å²) in [6.45, 7) is 0. The molecule has 140 valence electrons. The average molecular weight is 416 g/mol. The highest BCUT2D eigenvalue weighted by Crippen LogP contribution is 2.37. The third-order valence-electron chi connectivity index (χ3n) is 4.34. The molecule has 0 aliphatic heterocycles. The number of halogens is 3. The van der Waals surface area contributed by atoms with Gasteiger partial charge in [-0.15, -0.1) is 0 Å². The Hall–Kier alpha value is -2.83. The second kappa shape index (κ2) is 6.96. The zero-order valence-electron chi connectivity index (χ0n) is 14.2. The standard InChI is InChI=1S/C21H12ClF2NO2S/c22-14-3-1-13(2-4-14)21-18-11-16(24)7-10-19(18)25-12-20(21)28(26,27)17-8-5-15(23)6-9-17/h1-12H. The molecule has 0 unspecified atom stereocenters. The van der Waals surface area contributed by atoms with Gasteiger partial charge < -0.3 is 0 Å². The van der Waals surface area contributed by atoms with Crippen LogP contribution in [0.25, 0.3) is 22.0 Å². The van der Waals surface area contributed by atoms with Crippen LogP contribution >= 0.6 is 11.6 Å². The lowest BCUT2D eigenvalue weighted by atomic mass is 10.0. The predicted octanol–water partition coefficient (Wildman–Crippen LogP) is 5.67. The van der Waals surface area contributed by atoms with Gasteiger partial charge in [-0.05, 0) is 60.2 Å². The molecule has 0 atom stereocenters. The Bertz CT molecular complexity index is 1290. The van der Waals surface area contributed by atoms with Crippen LogP contribution in [-0.4, -0.2) is 13.4 Å². The normalized spacial score (nSPS) is 11.7. The van der Waals surface area contributed by atoms with Gasteiger partial charge in [0.1, 0.15) is 11.6 Å². The maximum atomic E-state index is 14.0. The topological polar surface area (TPSA) is 47.0 Å². The van der Waals surface area contributed by atoms with Crippen molar-refractivity contribution in [3.8, 4) is 11.1 Å². The molecule has 1 heterocycles. The predicted molar refractivity (Wildman–Crippen MR) is 104 cm³/mol. The van der Waals surface area contributed by atoms with Crippen molar-refractivity contribution in [2.75, 3.05) is 0 Å². The van der Waals surface area contributed by atoms with Crippen molar-refractivity contribution in [2.24, 2.45) is 0 Å². The third-order valence-corrected chi connectivity index (χ3v) is 6.37. The SMILES string of the molecule is O=S(=O)(c1ccc(F)cc1)c1cnc2ccc(F)cc2c1-c1ccc(Cl)cc1. The molecule has 3 nitrogen and oxygen atoms in total. The summed E-state index contributed by atoms with van der Waals surface area (Å²) in [6, 6.07) is 15.1. The van der Waals surface area contributed by atoms with Gasteiger partial charge in [0, 0.05) is 22.2 Å². The highest BCUT2D eigenvalue weighted by molar-refractivity contribution is 7.91. The van der Waals surface area contributed by atoms with Crippen LogP contribution in [0.15, 0.2) is 82.7 Å². The summed E-state index contributed by atoms with van der Waals surface area (Å²) in [5.74, 6) is -1.06. The van der Waals surface area contributed by atoms with Crippen LogP contribution in [0.3, 0.4) is 0 Å². The maximum absolute atomic E-state index is 14.0. The van der Waals surface area contributed by atoms with Crippen molar-refractivity contribution in [3.05, 3.63) is 89.6 Å². The van der Waals surface area contributed by atoms with Gasteiger partial charge in [0.2, 0.25) is 9.84 Å². The fraction of sp³-hybridized carbons (Fsp3) is 0. The fourth-order valence-corrected chi connectivity index (χ4v) is 4.57. The Morgan fingerprint density at radius 2 is 1.46 bits per heavy atom. The molecule has 0 amide bonds. The van der Waals surface area contributed by atoms with Crippen LogP contribution < -0.4 is 0 Å². The first-order valence-corrected chi connectivity index (χ1v) is 10.1. The molecule has 3 aromatic carbocycles. The number of pyridine rings is 1. The molecule has 0 saturated carbocycles. The summed E-state index contributed by atoms with van der Waals surface area (Å²) in [7, 11) is -4.03. The van der Waals surface area contributed by atoms with E-state index in [2.05, 4.69) is 4.98 Å². The molecule has 0 N–H and O–H groups in total. The molecule has 4 aromatic rings. The van der Waals surface area contributed by atoms with E-state index in [1.807, 2.05) is 0 Å². The molecule has 0 aliphatic carbocycles. The van der Waals surface area contributed by atoms with Gasteiger partial charge in [0.25, 0.3) is 0 Å². The molecule has 4 rings (SSSR count). The Morgan fingerprint density at radius 1 is 0.821 bits per heavy atom. The monoisotopic (exact) mass is 415 g/mol. The molecule has 0 bridgehead atoms. The molecular formula is C21H12ClF2NO2S. The van der Waals surface area contributed by atoms with E-state index < -0.39 is 21.5 Å². The largest absolute Gasteiger partial charge is 0.255 e. The number of nitrogens with zero attached hydrogens (tertiary/aromatic N) is 1. The van der Waals surface area contributed by atoms with Crippen LogP contribution in [0.5, 0.6) is 0 Å². The Labute approximate surface area is 165 Å². The summed E-state index contributed by atoms with van der Waals surface area (Å²) in [5.41, 5.74) is 1.30. The molecule has 0 fully saturated rings. The first kappa shape index (κ1) is 18.5. The van der Waals surface area contributed by atoms with E-state index in [4.69, 9.17) is 11.6 Å². The number of rotatable bonds is 3. The van der Waals surface area contributed by atoms with Crippen LogP contribution in [0, 0.1) is 11.6 Å². The number of hydrogen-bond donors (Lipinski definition) is 0. The smallest absolute Gasteiger partial charge is 0.208 e. The fourth-order valence-electron chi connectivity index (χ4n) is 3.01. The van der Waals surface area contributed by atoms with E-state index in [0.717, 1.165) is 12.1 Å². The van der Waals surface area contributed by atoms with E-state index in [0.29, 0.717) is 27.1 Å². The van der Waals surface area contributed by atoms with Crippen molar-refractivity contribution >= 4 is 32.3 Å². The van der Waals surface area contributed by atoms with E-state index in [1.54, 1.807) is 24.3 Å². The summed E-state index contributed by atoms with van der Waals surface area (Å²) in [4.78, 5) is 4.01. The van der Waals surface area contributed by atoms with Crippen LogP contribution in [0.1, 0.15) is 0 Å². The zero-order chi connectivity index (χ0) is 19.9. The summed E-state index contributed by atoms with van der Waals surface area (Å²) in [5, 5.41) is 0.835. The number of aromatic nitrogens is 1. The molecule has 1 aromatic heterocycles. The number of hydrogen-bond acceptors (Lipinski definition) is 3. The second-order valence-electron chi connectivity index (χ2n) is 6.12. The highest BCUT2D eigenvalue weighted by atomic mass is 35.5. The first-order valence-electron chi connectivity index (χ1n) is 8.21. The molecular weight excluding hydrogens is 404 g/mol. The van der Waals surface area contributed by atoms with E-state index in [1.165, 1.54) is 36.5 Å². The van der Waals surface area contributed by atoms with Gasteiger partial charge in [-0.2, -0.15) is 0 Å². The molecule has 0 spiro atoms. The van der Waals surface area contributed by atoms with Crippen molar-refractivity contribution < 1.29 is 17.2 Å². The van der Waals surface area contributed by atoms with Crippen LogP contribution in [0.2, 0.25) is 5.02 Å². The molecule has 28 heavy (non-hydrogen) atoms. The lowest BCUT2D eigenvalue weighted by molar-refractivity contribution is 0.594. The molecule has 0 saturated heterocycles. The number of sulfone groups is 1. The minimum absolute atomic E-state index is 0.0818. The third kappa shape index (κ3) is 3.25. The average Bonchev–Trinajstić information content (AvgIpc) is 2.68. The second-order valence-corrected chi connectivity index (χ2v) is 8.48. The van der Waals surface area contributed by atoms with E-state index >= 15 is 0 Å². The summed E-state index contributed by atoms with van der Waals surface area (Å²) in [6.07, 6.45) is 1.24. The first-order chi connectivity index (χ1) is 13.4. The summed E-state index contributed by atoms with van der Waals surface area (Å²) >= 11 is 5.96. The molecule has 0 aliphatic rings. The number of benzene rings is 3. The Morgan fingerprint density at radius 3 is 2.14 bits per heavy atom. The van der Waals surface area contributed by atoms with Gasteiger partial charge in [-0.1, -0.05) is 23.7 Å². The van der Waals surface area contributed by atoms with Gasteiger partial charge in [-0.25, -0.2) is 17.2 Å². The van der Waals surface area contributed by atoms with Crippen molar-refractivity contribution in [1.29, 1.82) is 0 Å². The Balaban J connectivity index is 2.07. The quantitative estimate of drug-likeness (QED) is 0.405. The van der Waals surface area contributed by atoms with Gasteiger partial charge in [-0.3, -0.25) is 4.98 Å². The van der Waals surface area contributed by atoms with Crippen molar-refractivity contribution in [3.63, 3.8) is 0 Å². The van der Waals surface area contributed by atoms with Crippen molar-refractivity contribution in [1.82, 2.24) is 4.98 Å². The van der Waals surface area contributed by atoms with Gasteiger partial charge >= 0.3 is 0 Å². The lowest BCUT2D eigenvalue weighted by Gasteiger charge is -2.14. The summed E-state index contributed by atoms with van der Waals surface area (Å²) < 4.78 is 53.7. The van der Waals surface area contributed by atoms with E-state index in [9.17, 15) is 17.2 Å². The minimum atomic E-state index is -4.03. The maximum Gasteiger partial charge on any atom is 0.208 e. The van der Waals surface area contributed by atoms with Gasteiger partial charge in [0.05, 0.1) is 15.3 Å². The Kier molecular flexibility index (Phi) is 4.61. The van der Waals surface area contributed by atoms with Crippen LogP contribution in [0.4, 0.5) is 8.78 Å². The lowest BCUT2D eigenvalue weighted by Crippen LogP contribution is -2.06. The van der Waals surface area contributed by atoms with Crippen LogP contribution in [-0.2, 0) is 9.84 Å². The number of fused-ring (bicyclic) bond motifs is 1.